The van der Waals surface area contributed by atoms with Gasteiger partial charge in [0.05, 0.1) is 5.69 Å². The van der Waals surface area contributed by atoms with Crippen molar-refractivity contribution >= 4 is 0 Å². The molecule has 1 heterocycles. The van der Waals surface area contributed by atoms with Gasteiger partial charge in [0, 0.05) is 6.20 Å². The maximum Gasteiger partial charge on any atom is 0.420 e. The molecule has 0 amide bonds. The van der Waals surface area contributed by atoms with Crippen LogP contribution in [0.4, 0.5) is 13.2 Å². The number of hydrogen-bond acceptors (Lipinski definition) is 2. The highest BCUT2D eigenvalue weighted by Crippen LogP contribution is 2.35. The van der Waals surface area contributed by atoms with Gasteiger partial charge in [0.15, 0.2) is 0 Å². The normalized spacial score (nSPS) is 11.7. The number of aromatic nitrogens is 1. The van der Waals surface area contributed by atoms with Crippen LogP contribution in [0.1, 0.15) is 11.3 Å². The number of rotatable bonds is 0. The maximum atomic E-state index is 12.0. The third-order valence-electron chi connectivity index (χ3n) is 1.41. The molecular formula is C7H6F3NO. The lowest BCUT2D eigenvalue weighted by molar-refractivity contribution is -0.138. The molecule has 12 heavy (non-hydrogen) atoms. The van der Waals surface area contributed by atoms with E-state index in [4.69, 9.17) is 5.11 Å². The first kappa shape index (κ1) is 8.83. The van der Waals surface area contributed by atoms with E-state index in [2.05, 4.69) is 4.98 Å². The number of aryl methyl sites for hydroxylation is 1. The molecule has 66 valence electrons. The molecule has 0 radical (unpaired) electrons. The predicted molar refractivity (Wildman–Crippen MR) is 35.6 cm³/mol. The van der Waals surface area contributed by atoms with Crippen LogP contribution in [0.3, 0.4) is 0 Å². The Morgan fingerprint density at radius 1 is 1.42 bits per heavy atom. The summed E-state index contributed by atoms with van der Waals surface area (Å²) in [4.78, 5) is 3.50. The van der Waals surface area contributed by atoms with Crippen molar-refractivity contribution in [3.63, 3.8) is 0 Å². The topological polar surface area (TPSA) is 33.1 Å². The number of halogens is 3. The molecule has 0 fully saturated rings. The van der Waals surface area contributed by atoms with E-state index in [-0.39, 0.29) is 5.69 Å². The lowest BCUT2D eigenvalue weighted by Gasteiger charge is -2.08. The largest absolute Gasteiger partial charge is 0.505 e. The van der Waals surface area contributed by atoms with Crippen LogP contribution in [0.15, 0.2) is 12.3 Å². The smallest absolute Gasteiger partial charge is 0.420 e. The van der Waals surface area contributed by atoms with E-state index in [9.17, 15) is 13.2 Å². The van der Waals surface area contributed by atoms with Crippen LogP contribution in [0, 0.1) is 6.92 Å². The minimum Gasteiger partial charge on any atom is -0.505 e. The Morgan fingerprint density at radius 3 is 2.42 bits per heavy atom. The zero-order valence-electron chi connectivity index (χ0n) is 6.18. The van der Waals surface area contributed by atoms with Crippen molar-refractivity contribution in [3.05, 3.63) is 23.5 Å². The van der Waals surface area contributed by atoms with Crippen LogP contribution in [-0.2, 0) is 6.18 Å². The highest BCUT2D eigenvalue weighted by molar-refractivity contribution is 5.36. The second kappa shape index (κ2) is 2.66. The molecule has 0 aliphatic carbocycles. The highest BCUT2D eigenvalue weighted by Gasteiger charge is 2.34. The number of aromatic hydroxyl groups is 1. The summed E-state index contributed by atoms with van der Waals surface area (Å²) in [6, 6.07) is 0.738. The van der Waals surface area contributed by atoms with Gasteiger partial charge in [-0.05, 0) is 13.0 Å². The van der Waals surface area contributed by atoms with Gasteiger partial charge in [0.1, 0.15) is 11.3 Å². The van der Waals surface area contributed by atoms with Gasteiger partial charge in [-0.15, -0.1) is 0 Å². The fraction of sp³-hybridized carbons (Fsp3) is 0.286. The summed E-state index contributed by atoms with van der Waals surface area (Å²) in [5.74, 6) is -0.801. The Labute approximate surface area is 66.7 Å². The summed E-state index contributed by atoms with van der Waals surface area (Å²) in [5, 5.41) is 8.95. The van der Waals surface area contributed by atoms with Crippen molar-refractivity contribution in [1.29, 1.82) is 0 Å². The summed E-state index contributed by atoms with van der Waals surface area (Å²) in [6.07, 6.45) is -3.50. The molecule has 0 saturated heterocycles. The Kier molecular flexibility index (Phi) is 1.95. The van der Waals surface area contributed by atoms with Gasteiger partial charge < -0.3 is 5.11 Å². The average Bonchev–Trinajstić information content (AvgIpc) is 1.92. The molecule has 0 atom stereocenters. The molecule has 2 nitrogen and oxygen atoms in total. The van der Waals surface area contributed by atoms with Gasteiger partial charge in [-0.1, -0.05) is 0 Å². The van der Waals surface area contributed by atoms with Gasteiger partial charge in [-0.3, -0.25) is 4.98 Å². The fourth-order valence-corrected chi connectivity index (χ4v) is 0.787. The quantitative estimate of drug-likeness (QED) is 0.658. The summed E-state index contributed by atoms with van der Waals surface area (Å²) >= 11 is 0. The van der Waals surface area contributed by atoms with Crippen LogP contribution in [-0.4, -0.2) is 10.1 Å². The van der Waals surface area contributed by atoms with Crippen LogP contribution in [0.2, 0.25) is 0 Å². The SMILES string of the molecule is Cc1nccc(C(F)(F)F)c1O. The predicted octanol–water partition coefficient (Wildman–Crippen LogP) is 2.11. The van der Waals surface area contributed by atoms with Gasteiger partial charge in [-0.2, -0.15) is 13.2 Å². The van der Waals surface area contributed by atoms with Gasteiger partial charge in [-0.25, -0.2) is 0 Å². The van der Waals surface area contributed by atoms with E-state index < -0.39 is 17.5 Å². The number of nitrogens with zero attached hydrogens (tertiary/aromatic N) is 1. The molecule has 0 aliphatic rings. The van der Waals surface area contributed by atoms with Crippen LogP contribution in [0.5, 0.6) is 5.75 Å². The van der Waals surface area contributed by atoms with Gasteiger partial charge in [0.25, 0.3) is 0 Å². The third-order valence-corrected chi connectivity index (χ3v) is 1.41. The first-order valence-corrected chi connectivity index (χ1v) is 3.14. The summed E-state index contributed by atoms with van der Waals surface area (Å²) in [5.41, 5.74) is -1.07. The second-order valence-electron chi connectivity index (χ2n) is 2.29. The lowest BCUT2D eigenvalue weighted by Crippen LogP contribution is -2.06. The third kappa shape index (κ3) is 1.49. The van der Waals surface area contributed by atoms with Crippen molar-refractivity contribution in [2.45, 2.75) is 13.1 Å². The zero-order valence-corrected chi connectivity index (χ0v) is 6.18. The Balaban J connectivity index is 3.26. The van der Waals surface area contributed by atoms with Crippen LogP contribution >= 0.6 is 0 Å². The van der Waals surface area contributed by atoms with Gasteiger partial charge in [0.2, 0.25) is 0 Å². The standard InChI is InChI=1S/C7H6F3NO/c1-4-6(12)5(2-3-11-4)7(8,9)10/h2-3,12H,1H3. The molecule has 5 heteroatoms. The Hall–Kier alpha value is -1.26. The van der Waals surface area contributed by atoms with E-state index in [0.29, 0.717) is 0 Å². The minimum atomic E-state index is -4.52. The average molecular weight is 177 g/mol. The minimum absolute atomic E-state index is 0.0233. The molecular weight excluding hydrogens is 171 g/mol. The summed E-state index contributed by atoms with van der Waals surface area (Å²) in [6.45, 7) is 1.31. The first-order valence-electron chi connectivity index (χ1n) is 3.14. The van der Waals surface area contributed by atoms with Gasteiger partial charge >= 0.3 is 6.18 Å². The Morgan fingerprint density at radius 2 is 2.00 bits per heavy atom. The van der Waals surface area contributed by atoms with Crippen molar-refractivity contribution in [2.24, 2.45) is 0 Å². The molecule has 1 rings (SSSR count). The zero-order chi connectivity index (χ0) is 9.35. The van der Waals surface area contributed by atoms with E-state index in [1.165, 1.54) is 6.92 Å². The van der Waals surface area contributed by atoms with E-state index in [1.807, 2.05) is 0 Å². The summed E-state index contributed by atoms with van der Waals surface area (Å²) < 4.78 is 36.1. The molecule has 0 spiro atoms. The van der Waals surface area contributed by atoms with Crippen molar-refractivity contribution < 1.29 is 18.3 Å². The van der Waals surface area contributed by atoms with Crippen molar-refractivity contribution in [3.8, 4) is 5.75 Å². The molecule has 0 unspecified atom stereocenters. The number of hydrogen-bond donors (Lipinski definition) is 1. The molecule has 0 saturated carbocycles. The monoisotopic (exact) mass is 177 g/mol. The molecule has 1 N–H and O–H groups in total. The fourth-order valence-electron chi connectivity index (χ4n) is 0.787. The first-order chi connectivity index (χ1) is 5.43. The molecule has 1 aromatic rings. The molecule has 0 aliphatic heterocycles. The van der Waals surface area contributed by atoms with Crippen molar-refractivity contribution in [1.82, 2.24) is 4.98 Å². The lowest BCUT2D eigenvalue weighted by atomic mass is 10.2. The molecule has 1 aromatic heterocycles. The van der Waals surface area contributed by atoms with Crippen molar-refractivity contribution in [2.75, 3.05) is 0 Å². The second-order valence-corrected chi connectivity index (χ2v) is 2.29. The summed E-state index contributed by atoms with van der Waals surface area (Å²) in [7, 11) is 0. The van der Waals surface area contributed by atoms with Crippen LogP contribution < -0.4 is 0 Å². The number of pyridine rings is 1. The number of alkyl halides is 3. The van der Waals surface area contributed by atoms with E-state index >= 15 is 0 Å². The maximum absolute atomic E-state index is 12.0. The Bertz CT molecular complexity index is 295. The highest BCUT2D eigenvalue weighted by atomic mass is 19.4. The van der Waals surface area contributed by atoms with E-state index in [1.54, 1.807) is 0 Å². The van der Waals surface area contributed by atoms with Crippen LogP contribution in [0.25, 0.3) is 0 Å². The molecule has 0 aromatic carbocycles. The van der Waals surface area contributed by atoms with E-state index in [0.717, 1.165) is 12.3 Å². The molecule has 0 bridgehead atoms.